The average Bonchev–Trinajstić information content (AvgIpc) is 2.25. The van der Waals surface area contributed by atoms with Gasteiger partial charge in [0.05, 0.1) is 0 Å². The molecular weight excluding hydrogens is 192 g/mol. The fourth-order valence-electron chi connectivity index (χ4n) is 1.77. The predicted octanol–water partition coefficient (Wildman–Crippen LogP) is 1.85. The summed E-state index contributed by atoms with van der Waals surface area (Å²) < 4.78 is 0. The Morgan fingerprint density at radius 2 is 2.14 bits per heavy atom. The molecule has 0 aromatic heterocycles. The topological polar surface area (TPSA) is 38.0 Å². The first-order valence-electron chi connectivity index (χ1n) is 5.87. The van der Waals surface area contributed by atoms with Crippen molar-refractivity contribution in [2.75, 3.05) is 24.6 Å². The molecule has 1 atom stereocenters. The SMILES string of the molecule is CCC(N)CSCCC1CCNCC1. The van der Waals surface area contributed by atoms with Gasteiger partial charge in [-0.2, -0.15) is 11.8 Å². The molecule has 0 spiro atoms. The van der Waals surface area contributed by atoms with Gasteiger partial charge in [0.25, 0.3) is 0 Å². The lowest BCUT2D eigenvalue weighted by Crippen LogP contribution is -2.28. The van der Waals surface area contributed by atoms with Gasteiger partial charge in [0.2, 0.25) is 0 Å². The molecular formula is C11H24N2S. The highest BCUT2D eigenvalue weighted by Gasteiger charge is 2.12. The molecule has 3 N–H and O–H groups in total. The number of nitrogens with two attached hydrogens (primary N) is 1. The second-order valence-electron chi connectivity index (χ2n) is 4.23. The maximum atomic E-state index is 5.86. The Morgan fingerprint density at radius 1 is 1.43 bits per heavy atom. The number of nitrogens with one attached hydrogen (secondary N) is 1. The van der Waals surface area contributed by atoms with Gasteiger partial charge < -0.3 is 11.1 Å². The minimum Gasteiger partial charge on any atom is -0.327 e. The van der Waals surface area contributed by atoms with Crippen LogP contribution in [0.5, 0.6) is 0 Å². The fraction of sp³-hybridized carbons (Fsp3) is 1.00. The number of thioether (sulfide) groups is 1. The van der Waals surface area contributed by atoms with E-state index in [2.05, 4.69) is 12.2 Å². The first kappa shape index (κ1) is 12.3. The molecule has 1 unspecified atom stereocenters. The maximum Gasteiger partial charge on any atom is 0.0127 e. The van der Waals surface area contributed by atoms with E-state index in [1.807, 2.05) is 11.8 Å². The summed E-state index contributed by atoms with van der Waals surface area (Å²) in [6.45, 7) is 4.62. The van der Waals surface area contributed by atoms with E-state index >= 15 is 0 Å². The molecule has 0 aromatic rings. The molecule has 1 heterocycles. The molecule has 14 heavy (non-hydrogen) atoms. The highest BCUT2D eigenvalue weighted by Crippen LogP contribution is 2.18. The van der Waals surface area contributed by atoms with E-state index in [1.54, 1.807) is 0 Å². The van der Waals surface area contributed by atoms with E-state index in [4.69, 9.17) is 5.73 Å². The summed E-state index contributed by atoms with van der Waals surface area (Å²) in [5.41, 5.74) is 5.86. The van der Waals surface area contributed by atoms with E-state index in [9.17, 15) is 0 Å². The molecule has 0 aromatic carbocycles. The second kappa shape index (κ2) is 7.55. The summed E-state index contributed by atoms with van der Waals surface area (Å²) in [7, 11) is 0. The number of hydrogen-bond acceptors (Lipinski definition) is 3. The molecule has 1 aliphatic heterocycles. The molecule has 3 heteroatoms. The molecule has 0 amide bonds. The zero-order valence-electron chi connectivity index (χ0n) is 9.30. The minimum atomic E-state index is 0.410. The van der Waals surface area contributed by atoms with E-state index in [-0.39, 0.29) is 0 Å². The van der Waals surface area contributed by atoms with E-state index in [0.717, 1.165) is 18.1 Å². The molecule has 1 saturated heterocycles. The van der Waals surface area contributed by atoms with Crippen molar-refractivity contribution < 1.29 is 0 Å². The van der Waals surface area contributed by atoms with Crippen molar-refractivity contribution in [2.45, 2.75) is 38.6 Å². The van der Waals surface area contributed by atoms with E-state index in [1.165, 1.54) is 38.1 Å². The van der Waals surface area contributed by atoms with Crippen molar-refractivity contribution in [3.63, 3.8) is 0 Å². The first-order chi connectivity index (χ1) is 6.83. The second-order valence-corrected chi connectivity index (χ2v) is 5.38. The summed E-state index contributed by atoms with van der Waals surface area (Å²) in [5.74, 6) is 3.42. The summed E-state index contributed by atoms with van der Waals surface area (Å²) in [6.07, 6.45) is 5.25. The van der Waals surface area contributed by atoms with Crippen LogP contribution in [0.15, 0.2) is 0 Å². The summed E-state index contributed by atoms with van der Waals surface area (Å²) >= 11 is 2.03. The largest absolute Gasteiger partial charge is 0.327 e. The van der Waals surface area contributed by atoms with Crippen LogP contribution in [0.4, 0.5) is 0 Å². The summed E-state index contributed by atoms with van der Waals surface area (Å²) in [4.78, 5) is 0. The third-order valence-corrected chi connectivity index (χ3v) is 4.17. The van der Waals surface area contributed by atoms with Crippen LogP contribution >= 0.6 is 11.8 Å². The van der Waals surface area contributed by atoms with Crippen molar-refractivity contribution in [2.24, 2.45) is 11.7 Å². The van der Waals surface area contributed by atoms with Gasteiger partial charge >= 0.3 is 0 Å². The molecule has 0 radical (unpaired) electrons. The van der Waals surface area contributed by atoms with Crippen LogP contribution < -0.4 is 11.1 Å². The van der Waals surface area contributed by atoms with Gasteiger partial charge in [-0.15, -0.1) is 0 Å². The van der Waals surface area contributed by atoms with Crippen LogP contribution in [-0.4, -0.2) is 30.6 Å². The van der Waals surface area contributed by atoms with Gasteiger partial charge in [0, 0.05) is 11.8 Å². The van der Waals surface area contributed by atoms with Crippen molar-refractivity contribution in [1.29, 1.82) is 0 Å². The van der Waals surface area contributed by atoms with Crippen LogP contribution in [0, 0.1) is 5.92 Å². The smallest absolute Gasteiger partial charge is 0.0127 e. The molecule has 0 bridgehead atoms. The highest BCUT2D eigenvalue weighted by atomic mass is 32.2. The Labute approximate surface area is 92.4 Å². The number of rotatable bonds is 6. The van der Waals surface area contributed by atoms with Crippen LogP contribution in [0.2, 0.25) is 0 Å². The van der Waals surface area contributed by atoms with Gasteiger partial charge in [0.15, 0.2) is 0 Å². The number of piperidine rings is 1. The zero-order chi connectivity index (χ0) is 10.2. The monoisotopic (exact) mass is 216 g/mol. The predicted molar refractivity (Wildman–Crippen MR) is 65.8 cm³/mol. The quantitative estimate of drug-likeness (QED) is 0.666. The lowest BCUT2D eigenvalue weighted by molar-refractivity contribution is 0.367. The van der Waals surface area contributed by atoms with Gasteiger partial charge in [-0.25, -0.2) is 0 Å². The molecule has 84 valence electrons. The Morgan fingerprint density at radius 3 is 2.79 bits per heavy atom. The average molecular weight is 216 g/mol. The Balaban J connectivity index is 1.92. The standard InChI is InChI=1S/C11H24N2S/c1-2-11(12)9-14-8-5-10-3-6-13-7-4-10/h10-11,13H,2-9,12H2,1H3. The van der Waals surface area contributed by atoms with E-state index < -0.39 is 0 Å². The number of hydrogen-bond donors (Lipinski definition) is 2. The van der Waals surface area contributed by atoms with Crippen LogP contribution in [0.1, 0.15) is 32.6 Å². The molecule has 0 aliphatic carbocycles. The van der Waals surface area contributed by atoms with Crippen molar-refractivity contribution in [3.05, 3.63) is 0 Å². The lowest BCUT2D eigenvalue weighted by atomic mass is 9.96. The Kier molecular flexibility index (Phi) is 6.65. The molecule has 1 rings (SSSR count). The minimum absolute atomic E-state index is 0.410. The fourth-order valence-corrected chi connectivity index (χ4v) is 2.98. The van der Waals surface area contributed by atoms with Gasteiger partial charge in [0.1, 0.15) is 0 Å². The van der Waals surface area contributed by atoms with Gasteiger partial charge in [-0.05, 0) is 50.4 Å². The van der Waals surface area contributed by atoms with E-state index in [0.29, 0.717) is 6.04 Å². The Hall–Kier alpha value is 0.270. The molecule has 1 aliphatic rings. The van der Waals surface area contributed by atoms with Crippen LogP contribution in [0.25, 0.3) is 0 Å². The maximum absolute atomic E-state index is 5.86. The lowest BCUT2D eigenvalue weighted by Gasteiger charge is -2.22. The zero-order valence-corrected chi connectivity index (χ0v) is 10.1. The van der Waals surface area contributed by atoms with Gasteiger partial charge in [-0.1, -0.05) is 6.92 Å². The third-order valence-electron chi connectivity index (χ3n) is 2.99. The highest BCUT2D eigenvalue weighted by molar-refractivity contribution is 7.99. The normalized spacial score (nSPS) is 21.0. The first-order valence-corrected chi connectivity index (χ1v) is 7.02. The Bertz CT molecular complexity index is 135. The summed E-state index contributed by atoms with van der Waals surface area (Å²) in [5, 5.41) is 3.41. The van der Waals surface area contributed by atoms with Gasteiger partial charge in [-0.3, -0.25) is 0 Å². The molecule has 2 nitrogen and oxygen atoms in total. The van der Waals surface area contributed by atoms with Crippen molar-refractivity contribution in [3.8, 4) is 0 Å². The van der Waals surface area contributed by atoms with Crippen LogP contribution in [0.3, 0.4) is 0 Å². The third kappa shape index (κ3) is 5.23. The molecule has 0 saturated carbocycles. The summed E-state index contributed by atoms with van der Waals surface area (Å²) in [6, 6.07) is 0.410. The van der Waals surface area contributed by atoms with Crippen molar-refractivity contribution >= 4 is 11.8 Å². The van der Waals surface area contributed by atoms with Crippen LogP contribution in [-0.2, 0) is 0 Å². The van der Waals surface area contributed by atoms with Crippen molar-refractivity contribution in [1.82, 2.24) is 5.32 Å². The molecule has 1 fully saturated rings.